The Bertz CT molecular complexity index is 745. The van der Waals surface area contributed by atoms with Crippen molar-refractivity contribution in [1.82, 2.24) is 14.5 Å². The largest absolute Gasteiger partial charge is 0.357 e. The van der Waals surface area contributed by atoms with Gasteiger partial charge >= 0.3 is 0 Å². The number of aryl methyl sites for hydroxylation is 1. The van der Waals surface area contributed by atoms with Gasteiger partial charge < -0.3 is 20.2 Å². The molecule has 2 aromatic rings. The van der Waals surface area contributed by atoms with Crippen molar-refractivity contribution in [2.45, 2.75) is 19.3 Å². The zero-order chi connectivity index (χ0) is 17.7. The Morgan fingerprint density at radius 2 is 2.04 bits per heavy atom. The van der Waals surface area contributed by atoms with Gasteiger partial charge in [0.2, 0.25) is 0 Å². The van der Waals surface area contributed by atoms with Crippen molar-refractivity contribution in [3.63, 3.8) is 0 Å². The number of nitrogens with zero attached hydrogens (tertiary/aromatic N) is 2. The number of carbonyl (C=O) groups is 1. The maximum absolute atomic E-state index is 12.8. The second-order valence-corrected chi connectivity index (χ2v) is 6.04. The predicted octanol–water partition coefficient (Wildman–Crippen LogP) is 1.61. The Hall–Kier alpha value is -1.73. The molecule has 1 fully saturated rings. The minimum Gasteiger partial charge on any atom is -0.357 e. The highest BCUT2D eigenvalue weighted by Gasteiger charge is 2.25. The van der Waals surface area contributed by atoms with E-state index in [4.69, 9.17) is 5.73 Å². The normalized spacial score (nSPS) is 15.2. The quantitative estimate of drug-likeness (QED) is 0.736. The first-order chi connectivity index (χ1) is 11.6. The smallest absolute Gasteiger partial charge is 0.274 e. The summed E-state index contributed by atoms with van der Waals surface area (Å²) in [6.07, 6.45) is 8.09. The van der Waals surface area contributed by atoms with Gasteiger partial charge in [0.05, 0.1) is 5.56 Å². The Kier molecular flexibility index (Phi) is 6.51. The maximum Gasteiger partial charge on any atom is 0.274 e. The molecule has 2 aromatic heterocycles. The fraction of sp³-hybridized carbons (Fsp3) is 0.529. The van der Waals surface area contributed by atoms with Gasteiger partial charge in [-0.3, -0.25) is 9.59 Å². The SMILES string of the molecule is CS.Cn1cc(C(=O)N2CCC(CCN)CC2)c2cc[nH]c2c1=O. The minimum atomic E-state index is -0.113. The Morgan fingerprint density at radius 1 is 1.38 bits per heavy atom. The van der Waals surface area contributed by atoms with Crippen LogP contribution in [0.3, 0.4) is 0 Å². The molecule has 1 aliphatic rings. The first kappa shape index (κ1) is 18.6. The number of nitrogens with two attached hydrogens (primary N) is 1. The molecule has 0 spiro atoms. The van der Waals surface area contributed by atoms with Gasteiger partial charge in [-0.25, -0.2) is 0 Å². The number of pyridine rings is 1. The third-order valence-electron chi connectivity index (χ3n) is 4.60. The Labute approximate surface area is 147 Å². The number of hydrogen-bond donors (Lipinski definition) is 3. The molecule has 1 saturated heterocycles. The van der Waals surface area contributed by atoms with E-state index in [-0.39, 0.29) is 11.5 Å². The molecular weight excluding hydrogens is 324 g/mol. The van der Waals surface area contributed by atoms with Crippen LogP contribution in [0.15, 0.2) is 23.3 Å². The molecule has 132 valence electrons. The third kappa shape index (κ3) is 3.67. The second-order valence-electron chi connectivity index (χ2n) is 6.04. The monoisotopic (exact) mass is 350 g/mol. The molecule has 0 aliphatic carbocycles. The van der Waals surface area contributed by atoms with E-state index < -0.39 is 0 Å². The van der Waals surface area contributed by atoms with Crippen LogP contribution in [-0.4, -0.2) is 46.2 Å². The molecule has 7 heteroatoms. The van der Waals surface area contributed by atoms with Crippen LogP contribution in [0.4, 0.5) is 0 Å². The number of H-pyrrole nitrogens is 1. The summed E-state index contributed by atoms with van der Waals surface area (Å²) in [5, 5.41) is 0.706. The van der Waals surface area contributed by atoms with Crippen LogP contribution in [0, 0.1) is 5.92 Å². The molecule has 0 aromatic carbocycles. The molecule has 3 N–H and O–H groups in total. The highest BCUT2D eigenvalue weighted by molar-refractivity contribution is 7.79. The summed E-state index contributed by atoms with van der Waals surface area (Å²) in [5.41, 5.74) is 6.58. The predicted molar refractivity (Wildman–Crippen MR) is 101 cm³/mol. The van der Waals surface area contributed by atoms with Crippen molar-refractivity contribution in [3.05, 3.63) is 34.4 Å². The maximum atomic E-state index is 12.8. The molecular formula is C17H26N4O2S. The molecule has 0 radical (unpaired) electrons. The van der Waals surface area contributed by atoms with E-state index in [0.717, 1.165) is 32.4 Å². The van der Waals surface area contributed by atoms with E-state index in [1.165, 1.54) is 4.57 Å². The number of rotatable bonds is 3. The van der Waals surface area contributed by atoms with E-state index in [9.17, 15) is 9.59 Å². The van der Waals surface area contributed by atoms with E-state index in [0.29, 0.717) is 28.9 Å². The van der Waals surface area contributed by atoms with Crippen molar-refractivity contribution in [2.24, 2.45) is 18.7 Å². The van der Waals surface area contributed by atoms with Gasteiger partial charge in [-0.2, -0.15) is 12.6 Å². The summed E-state index contributed by atoms with van der Waals surface area (Å²) in [6, 6.07) is 1.80. The van der Waals surface area contributed by atoms with Crippen molar-refractivity contribution in [3.8, 4) is 0 Å². The minimum absolute atomic E-state index is 0.00592. The first-order valence-electron chi connectivity index (χ1n) is 8.22. The lowest BCUT2D eigenvalue weighted by molar-refractivity contribution is 0.0689. The van der Waals surface area contributed by atoms with Crippen molar-refractivity contribution in [2.75, 3.05) is 25.9 Å². The molecule has 1 amide bonds. The topological polar surface area (TPSA) is 84.1 Å². The fourth-order valence-corrected chi connectivity index (χ4v) is 3.27. The zero-order valence-corrected chi connectivity index (χ0v) is 15.2. The number of thiol groups is 1. The molecule has 3 heterocycles. The van der Waals surface area contributed by atoms with E-state index in [2.05, 4.69) is 17.6 Å². The number of nitrogens with one attached hydrogen (secondary N) is 1. The van der Waals surface area contributed by atoms with Crippen LogP contribution in [-0.2, 0) is 7.05 Å². The van der Waals surface area contributed by atoms with Gasteiger partial charge in [0.25, 0.3) is 11.5 Å². The second kappa shape index (κ2) is 8.39. The van der Waals surface area contributed by atoms with Crippen molar-refractivity contribution in [1.29, 1.82) is 0 Å². The van der Waals surface area contributed by atoms with Gasteiger partial charge in [0.15, 0.2) is 0 Å². The summed E-state index contributed by atoms with van der Waals surface area (Å²) < 4.78 is 1.47. The Balaban J connectivity index is 0.00000100. The van der Waals surface area contributed by atoms with E-state index in [1.54, 1.807) is 31.8 Å². The summed E-state index contributed by atoms with van der Waals surface area (Å²) in [5.74, 6) is 0.632. The van der Waals surface area contributed by atoms with Gasteiger partial charge in [-0.1, -0.05) is 0 Å². The number of amides is 1. The fourth-order valence-electron chi connectivity index (χ4n) is 3.27. The molecule has 1 aliphatic heterocycles. The average molecular weight is 350 g/mol. The highest BCUT2D eigenvalue weighted by Crippen LogP contribution is 2.23. The first-order valence-corrected chi connectivity index (χ1v) is 9.12. The van der Waals surface area contributed by atoms with E-state index >= 15 is 0 Å². The van der Waals surface area contributed by atoms with Crippen molar-refractivity contribution < 1.29 is 4.79 Å². The van der Waals surface area contributed by atoms with Gasteiger partial charge in [-0.15, -0.1) is 0 Å². The van der Waals surface area contributed by atoms with E-state index in [1.807, 2.05) is 4.90 Å². The lowest BCUT2D eigenvalue weighted by Gasteiger charge is -2.32. The summed E-state index contributed by atoms with van der Waals surface area (Å²) in [7, 11) is 1.67. The number of carbonyl (C=O) groups excluding carboxylic acids is 1. The number of aromatic amines is 1. The summed E-state index contributed by atoms with van der Waals surface area (Å²) in [4.78, 5) is 29.7. The highest BCUT2D eigenvalue weighted by atomic mass is 32.1. The molecule has 0 unspecified atom stereocenters. The van der Waals surface area contributed by atoms with Gasteiger partial charge in [0.1, 0.15) is 5.52 Å². The van der Waals surface area contributed by atoms with Crippen LogP contribution >= 0.6 is 12.6 Å². The summed E-state index contributed by atoms with van der Waals surface area (Å²) >= 11 is 3.53. The average Bonchev–Trinajstić information content (AvgIpc) is 3.10. The lowest BCUT2D eigenvalue weighted by atomic mass is 9.93. The standard InChI is InChI=1S/C16H22N4O2.CH4S/c1-19-10-13(12-3-7-18-14(12)16(19)22)15(21)20-8-4-11(2-6-17)5-9-20;1-2/h3,7,10-11,18H,2,4-6,8-9,17H2,1H3;2H,1H3. The Morgan fingerprint density at radius 3 is 2.67 bits per heavy atom. The zero-order valence-electron chi connectivity index (χ0n) is 14.3. The number of aromatic nitrogens is 2. The molecule has 6 nitrogen and oxygen atoms in total. The summed E-state index contributed by atoms with van der Waals surface area (Å²) in [6.45, 7) is 2.24. The molecule has 0 bridgehead atoms. The van der Waals surface area contributed by atoms with Gasteiger partial charge in [0, 0.05) is 37.9 Å². The van der Waals surface area contributed by atoms with Crippen LogP contribution in [0.2, 0.25) is 0 Å². The third-order valence-corrected chi connectivity index (χ3v) is 4.60. The lowest BCUT2D eigenvalue weighted by Crippen LogP contribution is -2.39. The van der Waals surface area contributed by atoms with Gasteiger partial charge in [-0.05, 0) is 44.0 Å². The number of piperidine rings is 1. The van der Waals surface area contributed by atoms with Crippen molar-refractivity contribution >= 4 is 29.4 Å². The molecule has 0 saturated carbocycles. The van der Waals surface area contributed by atoms with Crippen LogP contribution in [0.25, 0.3) is 10.9 Å². The molecule has 3 rings (SSSR count). The molecule has 0 atom stereocenters. The molecule has 24 heavy (non-hydrogen) atoms. The van der Waals surface area contributed by atoms with Crippen LogP contribution in [0.5, 0.6) is 0 Å². The number of fused-ring (bicyclic) bond motifs is 1. The number of hydrogen-bond acceptors (Lipinski definition) is 4. The van der Waals surface area contributed by atoms with Crippen LogP contribution < -0.4 is 11.3 Å². The van der Waals surface area contributed by atoms with Crippen LogP contribution in [0.1, 0.15) is 29.6 Å². The number of likely N-dealkylation sites (tertiary alicyclic amines) is 1.